The van der Waals surface area contributed by atoms with Crippen LogP contribution in [-0.2, 0) is 0 Å². The van der Waals surface area contributed by atoms with E-state index in [2.05, 4.69) is 26.9 Å². The van der Waals surface area contributed by atoms with Crippen molar-refractivity contribution in [2.75, 3.05) is 0 Å². The zero-order valence-corrected chi connectivity index (χ0v) is 25.2. The number of fused-ring (bicyclic) bond motifs is 3. The lowest BCUT2D eigenvalue weighted by Crippen LogP contribution is -2.47. The van der Waals surface area contributed by atoms with Crippen molar-refractivity contribution in [1.82, 2.24) is 0 Å². The summed E-state index contributed by atoms with van der Waals surface area (Å²) < 4.78 is 0. The Labute approximate surface area is 220 Å². The zero-order valence-electron chi connectivity index (χ0n) is 24.2. The van der Waals surface area contributed by atoms with Gasteiger partial charge in [-0.3, -0.25) is 0 Å². The van der Waals surface area contributed by atoms with Crippen LogP contribution in [0.3, 0.4) is 0 Å². The fourth-order valence-electron chi connectivity index (χ4n) is 12.9. The lowest BCUT2D eigenvalue weighted by atomic mass is 9.58. The van der Waals surface area contributed by atoms with Crippen LogP contribution in [0.2, 0.25) is 24.2 Å². The van der Waals surface area contributed by atoms with Crippen LogP contribution < -0.4 is 0 Å². The minimum Gasteiger partial charge on any atom is -0.0689 e. The Morgan fingerprint density at radius 3 is 2.06 bits per heavy atom. The van der Waals surface area contributed by atoms with Gasteiger partial charge in [0.1, 0.15) is 0 Å². The smallest absolute Gasteiger partial charge is 0.0541 e. The second-order valence-electron chi connectivity index (χ2n) is 15.8. The van der Waals surface area contributed by atoms with E-state index in [4.69, 9.17) is 0 Å². The third-order valence-electron chi connectivity index (χ3n) is 14.2. The van der Waals surface area contributed by atoms with Gasteiger partial charge < -0.3 is 0 Å². The van der Waals surface area contributed by atoms with Crippen molar-refractivity contribution in [2.24, 2.45) is 59.2 Å². The summed E-state index contributed by atoms with van der Waals surface area (Å²) >= 11 is 0. The fourth-order valence-corrected chi connectivity index (χ4v) is 18.3. The Kier molecular flexibility index (Phi) is 7.58. The maximum atomic E-state index is 2.96. The molecule has 6 saturated carbocycles. The van der Waals surface area contributed by atoms with Gasteiger partial charge in [-0.25, -0.2) is 0 Å². The predicted octanol–water partition coefficient (Wildman–Crippen LogP) is 10.7. The molecule has 200 valence electrons. The van der Waals surface area contributed by atoms with Crippen LogP contribution in [-0.4, -0.2) is 8.07 Å². The molecule has 0 nitrogen and oxygen atoms in total. The minimum absolute atomic E-state index is 0.987. The van der Waals surface area contributed by atoms with Crippen molar-refractivity contribution in [1.29, 1.82) is 0 Å². The van der Waals surface area contributed by atoms with E-state index in [-0.39, 0.29) is 0 Å². The molecule has 6 aliphatic carbocycles. The third-order valence-corrected chi connectivity index (χ3v) is 19.4. The van der Waals surface area contributed by atoms with E-state index in [9.17, 15) is 0 Å². The summed E-state index contributed by atoms with van der Waals surface area (Å²) in [5.41, 5.74) is 2.34. The molecule has 0 N–H and O–H groups in total. The van der Waals surface area contributed by atoms with E-state index in [0.29, 0.717) is 0 Å². The molecule has 11 atom stereocenters. The fraction of sp³-hybridized carbons (Fsp3) is 1.00. The quantitative estimate of drug-likeness (QED) is 0.321. The Morgan fingerprint density at radius 2 is 1.29 bits per heavy atom. The first-order valence-electron chi connectivity index (χ1n) is 17.0. The standard InChI is InChI=1S/C34H60Si/c1-5-12-23(2)30-22-33(28-17-10-9-16-27(28)30)35(3,4)32-20-19-29-31(32)21-25-15-11-18-26(25)34(29)24-13-7-6-8-14-24/h23-34H,5-22H2,1-4H3. The monoisotopic (exact) mass is 496 g/mol. The molecule has 0 aromatic rings. The second kappa shape index (κ2) is 10.4. The van der Waals surface area contributed by atoms with Crippen LogP contribution in [0.25, 0.3) is 0 Å². The number of rotatable bonds is 6. The highest BCUT2D eigenvalue weighted by atomic mass is 28.3. The Hall–Kier alpha value is 0.217. The first kappa shape index (κ1) is 25.5. The van der Waals surface area contributed by atoms with Crippen molar-refractivity contribution in [2.45, 2.75) is 154 Å². The van der Waals surface area contributed by atoms with Gasteiger partial charge in [0, 0.05) is 0 Å². The van der Waals surface area contributed by atoms with E-state index in [0.717, 1.165) is 64.7 Å². The lowest BCUT2D eigenvalue weighted by molar-refractivity contribution is 0.0159. The van der Waals surface area contributed by atoms with Gasteiger partial charge in [-0.2, -0.15) is 0 Å². The van der Waals surface area contributed by atoms with Crippen LogP contribution >= 0.6 is 0 Å². The van der Waals surface area contributed by atoms with Gasteiger partial charge in [-0.1, -0.05) is 110 Å². The molecular formula is C34H60Si. The van der Waals surface area contributed by atoms with Gasteiger partial charge in [0.2, 0.25) is 0 Å². The first-order chi connectivity index (χ1) is 17.0. The van der Waals surface area contributed by atoms with E-state index < -0.39 is 8.07 Å². The molecule has 0 aromatic heterocycles. The SMILES string of the molecule is CCCC(C)C1CC([Si](C)(C)C2CCC3C2CC2CCCC2C3C2CCCCC2)C2CCCCC12. The largest absolute Gasteiger partial charge is 0.0689 e. The second-order valence-corrected chi connectivity index (χ2v) is 20.9. The van der Waals surface area contributed by atoms with Crippen LogP contribution in [0.4, 0.5) is 0 Å². The molecule has 0 saturated heterocycles. The number of hydrogen-bond acceptors (Lipinski definition) is 0. The molecular weight excluding hydrogens is 436 g/mol. The molecule has 6 rings (SSSR count). The summed E-state index contributed by atoms with van der Waals surface area (Å²) in [5, 5.41) is 0. The molecule has 0 aromatic carbocycles. The van der Waals surface area contributed by atoms with Crippen molar-refractivity contribution in [3.63, 3.8) is 0 Å². The van der Waals surface area contributed by atoms with Crippen molar-refractivity contribution in [3.8, 4) is 0 Å². The van der Waals surface area contributed by atoms with Crippen LogP contribution in [0.5, 0.6) is 0 Å². The molecule has 0 bridgehead atoms. The average Bonchev–Trinajstić information content (AvgIpc) is 3.60. The van der Waals surface area contributed by atoms with Gasteiger partial charge in [0.15, 0.2) is 0 Å². The highest BCUT2D eigenvalue weighted by Gasteiger charge is 2.59. The molecule has 11 unspecified atom stereocenters. The molecule has 0 aliphatic heterocycles. The maximum absolute atomic E-state index is 2.96. The highest BCUT2D eigenvalue weighted by molar-refractivity contribution is 6.80. The number of hydrogen-bond donors (Lipinski definition) is 0. The Morgan fingerprint density at radius 1 is 0.600 bits per heavy atom. The maximum Gasteiger partial charge on any atom is 0.0541 e. The Balaban J connectivity index is 1.25. The van der Waals surface area contributed by atoms with Gasteiger partial charge in [0.05, 0.1) is 8.07 Å². The van der Waals surface area contributed by atoms with E-state index in [1.54, 1.807) is 96.3 Å². The average molecular weight is 497 g/mol. The van der Waals surface area contributed by atoms with Crippen molar-refractivity contribution >= 4 is 8.07 Å². The molecule has 35 heavy (non-hydrogen) atoms. The topological polar surface area (TPSA) is 0 Å². The van der Waals surface area contributed by atoms with Crippen molar-refractivity contribution in [3.05, 3.63) is 0 Å². The highest BCUT2D eigenvalue weighted by Crippen LogP contribution is 2.67. The first-order valence-corrected chi connectivity index (χ1v) is 20.2. The molecule has 6 fully saturated rings. The summed E-state index contributed by atoms with van der Waals surface area (Å²) in [6.07, 6.45) is 28.5. The minimum atomic E-state index is -1.29. The lowest BCUT2D eigenvalue weighted by Gasteiger charge is -2.51. The zero-order chi connectivity index (χ0) is 24.2. The van der Waals surface area contributed by atoms with Gasteiger partial charge in [0.25, 0.3) is 0 Å². The molecule has 0 radical (unpaired) electrons. The summed E-state index contributed by atoms with van der Waals surface area (Å²) in [4.78, 5) is 0. The normalized spacial score (nSPS) is 47.3. The van der Waals surface area contributed by atoms with Crippen LogP contribution in [0.15, 0.2) is 0 Å². The van der Waals surface area contributed by atoms with Crippen LogP contribution in [0, 0.1) is 59.2 Å². The van der Waals surface area contributed by atoms with Crippen molar-refractivity contribution < 1.29 is 0 Å². The molecule has 6 aliphatic rings. The Bertz CT molecular complexity index is 705. The van der Waals surface area contributed by atoms with Crippen LogP contribution in [0.1, 0.15) is 129 Å². The molecule has 0 heterocycles. The summed E-state index contributed by atoms with van der Waals surface area (Å²) in [7, 11) is -1.29. The molecule has 0 amide bonds. The van der Waals surface area contributed by atoms with E-state index in [1.165, 1.54) is 24.8 Å². The predicted molar refractivity (Wildman–Crippen MR) is 154 cm³/mol. The van der Waals surface area contributed by atoms with E-state index in [1.807, 2.05) is 0 Å². The molecule has 0 spiro atoms. The summed E-state index contributed by atoms with van der Waals surface area (Å²) in [5.74, 6) is 11.2. The summed E-state index contributed by atoms with van der Waals surface area (Å²) in [6, 6.07) is 0. The third kappa shape index (κ3) is 4.46. The van der Waals surface area contributed by atoms with Gasteiger partial charge in [-0.15, -0.1) is 0 Å². The summed E-state index contributed by atoms with van der Waals surface area (Å²) in [6.45, 7) is 11.0. The molecule has 1 heteroatoms. The van der Waals surface area contributed by atoms with Gasteiger partial charge >= 0.3 is 0 Å². The van der Waals surface area contributed by atoms with Gasteiger partial charge in [-0.05, 0) is 102 Å². The van der Waals surface area contributed by atoms with E-state index >= 15 is 0 Å².